The second kappa shape index (κ2) is 5.51. The molecule has 1 amide bonds. The minimum Gasteiger partial charge on any atom is -0.378 e. The molecule has 2 aliphatic rings. The third-order valence-corrected chi connectivity index (χ3v) is 7.39. The molecule has 0 radical (unpaired) electrons. The van der Waals surface area contributed by atoms with E-state index >= 15 is 0 Å². The summed E-state index contributed by atoms with van der Waals surface area (Å²) < 4.78 is 32.9. The second-order valence-electron chi connectivity index (χ2n) is 5.22. The van der Waals surface area contributed by atoms with Crippen molar-refractivity contribution in [2.24, 2.45) is 5.92 Å². The highest BCUT2D eigenvalue weighted by atomic mass is 35.5. The Morgan fingerprint density at radius 2 is 2.10 bits per heavy atom. The molecule has 2 bridgehead atoms. The fourth-order valence-corrected chi connectivity index (χ4v) is 5.78. The fourth-order valence-electron chi connectivity index (χ4n) is 2.62. The van der Waals surface area contributed by atoms with E-state index in [0.29, 0.717) is 10.9 Å². The quantitative estimate of drug-likeness (QED) is 0.794. The number of fused-ring (bicyclic) bond motifs is 3. The number of hydrogen-bond donors (Lipinski definition) is 0. The molecular formula is C12H15ClN2O4S2. The van der Waals surface area contributed by atoms with Crippen molar-refractivity contribution in [2.45, 2.75) is 10.3 Å². The molecule has 116 valence electrons. The van der Waals surface area contributed by atoms with Gasteiger partial charge in [-0.3, -0.25) is 4.79 Å². The van der Waals surface area contributed by atoms with Crippen LogP contribution < -0.4 is 0 Å². The maximum absolute atomic E-state index is 12.7. The lowest BCUT2D eigenvalue weighted by molar-refractivity contribution is -0.133. The molecule has 0 aromatic carbocycles. The zero-order valence-corrected chi connectivity index (χ0v) is 13.7. The molecule has 0 aliphatic carbocycles. The summed E-state index contributed by atoms with van der Waals surface area (Å²) >= 11 is 6.86. The van der Waals surface area contributed by atoms with E-state index in [1.54, 1.807) is 18.0 Å². The van der Waals surface area contributed by atoms with Crippen molar-refractivity contribution in [3.63, 3.8) is 0 Å². The predicted octanol–water partition coefficient (Wildman–Crippen LogP) is 0.879. The van der Waals surface area contributed by atoms with Crippen LogP contribution in [-0.2, 0) is 19.6 Å². The van der Waals surface area contributed by atoms with Crippen LogP contribution in [0.15, 0.2) is 16.3 Å². The monoisotopic (exact) mass is 350 g/mol. The molecule has 0 saturated carbocycles. The molecule has 2 atom stereocenters. The first-order chi connectivity index (χ1) is 9.89. The number of halogens is 1. The zero-order chi connectivity index (χ0) is 15.2. The van der Waals surface area contributed by atoms with Gasteiger partial charge in [0.05, 0.1) is 29.5 Å². The largest absolute Gasteiger partial charge is 0.378 e. The fraction of sp³-hybridized carbons (Fsp3) is 0.583. The van der Waals surface area contributed by atoms with Crippen LogP contribution in [0.25, 0.3) is 0 Å². The number of thiophene rings is 1. The number of nitrogens with zero attached hydrogens (tertiary/aromatic N) is 2. The van der Waals surface area contributed by atoms with Gasteiger partial charge >= 0.3 is 0 Å². The Balaban J connectivity index is 1.95. The van der Waals surface area contributed by atoms with Crippen LogP contribution in [0.2, 0.25) is 4.34 Å². The Morgan fingerprint density at radius 3 is 2.76 bits per heavy atom. The lowest BCUT2D eigenvalue weighted by Gasteiger charge is -2.28. The molecule has 6 nitrogen and oxygen atoms in total. The number of likely N-dealkylation sites (N-methyl/N-ethyl adjacent to an activating group) is 1. The molecule has 2 aliphatic heterocycles. The molecule has 1 aromatic heterocycles. The van der Waals surface area contributed by atoms with Crippen molar-refractivity contribution in [1.82, 2.24) is 9.21 Å². The van der Waals surface area contributed by atoms with E-state index in [1.807, 2.05) is 0 Å². The molecule has 2 fully saturated rings. The third kappa shape index (κ3) is 2.70. The summed E-state index contributed by atoms with van der Waals surface area (Å²) in [5, 5.41) is 0. The number of ether oxygens (including phenoxy) is 1. The number of carbonyl (C=O) groups is 1. The normalized spacial score (nSPS) is 27.7. The van der Waals surface area contributed by atoms with Gasteiger partial charge in [0.15, 0.2) is 0 Å². The highest BCUT2D eigenvalue weighted by Crippen LogP contribution is 2.30. The van der Waals surface area contributed by atoms with Gasteiger partial charge in [0, 0.05) is 20.1 Å². The van der Waals surface area contributed by atoms with Crippen LogP contribution in [-0.4, -0.2) is 62.9 Å². The molecule has 3 heterocycles. The van der Waals surface area contributed by atoms with Gasteiger partial charge < -0.3 is 9.64 Å². The maximum atomic E-state index is 12.7. The van der Waals surface area contributed by atoms with E-state index in [0.717, 1.165) is 11.3 Å². The predicted molar refractivity (Wildman–Crippen MR) is 79.0 cm³/mol. The molecule has 0 N–H and O–H groups in total. The number of sulfonamides is 1. The smallest absolute Gasteiger partial charge is 0.252 e. The van der Waals surface area contributed by atoms with Gasteiger partial charge in [0.2, 0.25) is 5.91 Å². The Bertz CT molecular complexity index is 660. The molecule has 21 heavy (non-hydrogen) atoms. The first-order valence-corrected chi connectivity index (χ1v) is 9.13. The van der Waals surface area contributed by atoms with Gasteiger partial charge in [-0.2, -0.15) is 4.31 Å². The summed E-state index contributed by atoms with van der Waals surface area (Å²) in [4.78, 5) is 13.9. The van der Waals surface area contributed by atoms with Crippen LogP contribution in [0.4, 0.5) is 0 Å². The Labute approximate surface area is 132 Å². The van der Waals surface area contributed by atoms with E-state index in [2.05, 4.69) is 0 Å². The van der Waals surface area contributed by atoms with Crippen LogP contribution in [0.1, 0.15) is 0 Å². The maximum Gasteiger partial charge on any atom is 0.252 e. The summed E-state index contributed by atoms with van der Waals surface area (Å²) in [5.74, 6) is -0.507. The Hall–Kier alpha value is -0.670. The molecule has 1 aromatic rings. The Kier molecular flexibility index (Phi) is 4.00. The minimum atomic E-state index is -3.62. The average Bonchev–Trinajstić information content (AvgIpc) is 2.75. The van der Waals surface area contributed by atoms with E-state index in [-0.39, 0.29) is 35.9 Å². The van der Waals surface area contributed by atoms with E-state index in [9.17, 15) is 13.2 Å². The molecule has 0 spiro atoms. The number of amides is 1. The molecule has 9 heteroatoms. The molecular weight excluding hydrogens is 336 g/mol. The highest BCUT2D eigenvalue weighted by molar-refractivity contribution is 7.91. The van der Waals surface area contributed by atoms with Gasteiger partial charge in [0.25, 0.3) is 10.0 Å². The van der Waals surface area contributed by atoms with Crippen molar-refractivity contribution < 1.29 is 17.9 Å². The summed E-state index contributed by atoms with van der Waals surface area (Å²) in [6.45, 7) is 1.01. The van der Waals surface area contributed by atoms with Crippen molar-refractivity contribution in [1.29, 1.82) is 0 Å². The van der Waals surface area contributed by atoms with Gasteiger partial charge in [-0.25, -0.2) is 8.42 Å². The van der Waals surface area contributed by atoms with Gasteiger partial charge in [-0.1, -0.05) is 11.6 Å². The first-order valence-electron chi connectivity index (χ1n) is 6.49. The summed E-state index contributed by atoms with van der Waals surface area (Å²) in [6.07, 6.45) is 0. The van der Waals surface area contributed by atoms with Gasteiger partial charge in [-0.15, -0.1) is 11.3 Å². The number of carbonyl (C=O) groups excluding carboxylic acids is 1. The summed E-state index contributed by atoms with van der Waals surface area (Å²) in [7, 11) is -1.92. The minimum absolute atomic E-state index is 0.0561. The van der Waals surface area contributed by atoms with Crippen molar-refractivity contribution in [2.75, 3.05) is 33.4 Å². The Morgan fingerprint density at radius 1 is 1.33 bits per heavy atom. The van der Waals surface area contributed by atoms with Crippen LogP contribution in [0.3, 0.4) is 0 Å². The number of rotatable bonds is 2. The van der Waals surface area contributed by atoms with Gasteiger partial charge in [0.1, 0.15) is 4.21 Å². The second-order valence-corrected chi connectivity index (χ2v) is 9.10. The molecule has 2 saturated heterocycles. The number of hydrogen-bond acceptors (Lipinski definition) is 5. The van der Waals surface area contributed by atoms with Gasteiger partial charge in [-0.05, 0) is 12.1 Å². The van der Waals surface area contributed by atoms with Crippen LogP contribution >= 0.6 is 22.9 Å². The SMILES string of the molecule is CN1C(=O)[C@H]2COC[C@@H]1CN(S(=O)(=O)c1ccc(Cl)s1)C2. The van der Waals surface area contributed by atoms with Crippen molar-refractivity contribution in [3.8, 4) is 0 Å². The highest BCUT2D eigenvalue weighted by Gasteiger charge is 2.41. The van der Waals surface area contributed by atoms with E-state index in [4.69, 9.17) is 16.3 Å². The summed E-state index contributed by atoms with van der Waals surface area (Å²) in [6, 6.07) is 2.82. The van der Waals surface area contributed by atoms with E-state index < -0.39 is 15.9 Å². The standard InChI is InChI=1S/C12H15ClN2O4S2/c1-14-9-5-15(4-8(12(14)16)6-19-7-9)21(17,18)11-3-2-10(13)20-11/h2-3,8-9H,4-7H2,1H3/t8-,9+/m1/s1. The van der Waals surface area contributed by atoms with Crippen LogP contribution in [0.5, 0.6) is 0 Å². The molecule has 0 unspecified atom stereocenters. The van der Waals surface area contributed by atoms with Crippen LogP contribution in [0, 0.1) is 5.92 Å². The van der Waals surface area contributed by atoms with Crippen molar-refractivity contribution in [3.05, 3.63) is 16.5 Å². The lowest BCUT2D eigenvalue weighted by atomic mass is 10.1. The summed E-state index contributed by atoms with van der Waals surface area (Å²) in [5.41, 5.74) is 0. The van der Waals surface area contributed by atoms with E-state index in [1.165, 1.54) is 10.4 Å². The zero-order valence-electron chi connectivity index (χ0n) is 11.4. The first kappa shape index (κ1) is 15.2. The lowest BCUT2D eigenvalue weighted by Crippen LogP contribution is -2.44. The topological polar surface area (TPSA) is 66.9 Å². The van der Waals surface area contributed by atoms with Crippen molar-refractivity contribution >= 4 is 38.9 Å². The molecule has 3 rings (SSSR count). The average molecular weight is 351 g/mol. The third-order valence-electron chi connectivity index (χ3n) is 3.85.